The molecule has 0 spiro atoms. The molecule has 160 valence electrons. The highest BCUT2D eigenvalue weighted by Gasteiger charge is 2.40. The van der Waals surface area contributed by atoms with Crippen molar-refractivity contribution in [3.8, 4) is 0 Å². The topological polar surface area (TPSA) is 115 Å². The molecule has 1 aromatic carbocycles. The molecule has 1 aliphatic carbocycles. The van der Waals surface area contributed by atoms with Crippen molar-refractivity contribution in [2.45, 2.75) is 44.4 Å². The third-order valence-electron chi connectivity index (χ3n) is 5.69. The van der Waals surface area contributed by atoms with Crippen molar-refractivity contribution in [2.24, 2.45) is 0 Å². The van der Waals surface area contributed by atoms with Crippen LogP contribution < -0.4 is 4.90 Å². The molecule has 11 heteroatoms. The van der Waals surface area contributed by atoms with Gasteiger partial charge >= 0.3 is 0 Å². The number of carbonyl (C=O) groups is 2. The lowest BCUT2D eigenvalue weighted by Gasteiger charge is -2.15. The van der Waals surface area contributed by atoms with Crippen LogP contribution in [0.5, 0.6) is 0 Å². The molecule has 0 saturated carbocycles. The SMILES string of the molecule is Cc1noc(C)c1S(=O)(=O)n1nc(Cl)c2ccc(N3C(=O)C4=C(CCCC4)C3=O)cc21. The highest BCUT2D eigenvalue weighted by Crippen LogP contribution is 2.37. The van der Waals surface area contributed by atoms with Crippen LogP contribution in [0.1, 0.15) is 37.1 Å². The second-order valence-corrected chi connectivity index (χ2v) is 9.67. The Morgan fingerprint density at radius 3 is 2.29 bits per heavy atom. The number of nitrogens with zero attached hydrogens (tertiary/aromatic N) is 4. The monoisotopic (exact) mass is 460 g/mol. The Labute approximate surface area is 182 Å². The third-order valence-corrected chi connectivity index (χ3v) is 7.80. The number of hydrogen-bond acceptors (Lipinski definition) is 7. The summed E-state index contributed by atoms with van der Waals surface area (Å²) in [5, 5.41) is 8.06. The summed E-state index contributed by atoms with van der Waals surface area (Å²) in [5.74, 6) is -0.593. The van der Waals surface area contributed by atoms with Crippen molar-refractivity contribution in [1.82, 2.24) is 14.3 Å². The summed E-state index contributed by atoms with van der Waals surface area (Å²) in [7, 11) is -4.18. The minimum atomic E-state index is -4.18. The molecule has 5 rings (SSSR count). The van der Waals surface area contributed by atoms with E-state index in [0.29, 0.717) is 29.4 Å². The van der Waals surface area contributed by atoms with Gasteiger partial charge in [-0.05, 0) is 57.7 Å². The number of benzene rings is 1. The average Bonchev–Trinajstić information content (AvgIpc) is 3.35. The largest absolute Gasteiger partial charge is 0.360 e. The van der Waals surface area contributed by atoms with Gasteiger partial charge in [-0.15, -0.1) is 5.10 Å². The number of carbonyl (C=O) groups excluding carboxylic acids is 2. The number of aromatic nitrogens is 3. The van der Waals surface area contributed by atoms with Gasteiger partial charge in [-0.2, -0.15) is 12.5 Å². The molecular formula is C20H17ClN4O5S. The minimum absolute atomic E-state index is 0.0200. The molecule has 0 fully saturated rings. The van der Waals surface area contributed by atoms with Crippen molar-refractivity contribution >= 4 is 50.0 Å². The van der Waals surface area contributed by atoms with Gasteiger partial charge in [0.25, 0.3) is 21.8 Å². The predicted octanol–water partition coefficient (Wildman–Crippen LogP) is 3.28. The van der Waals surface area contributed by atoms with E-state index in [-0.39, 0.29) is 44.5 Å². The molecule has 1 aliphatic heterocycles. The van der Waals surface area contributed by atoms with Crippen LogP contribution in [0.15, 0.2) is 38.8 Å². The molecule has 0 radical (unpaired) electrons. The first-order valence-corrected chi connectivity index (χ1v) is 11.5. The molecule has 3 aromatic rings. The van der Waals surface area contributed by atoms with Gasteiger partial charge in [-0.1, -0.05) is 16.8 Å². The van der Waals surface area contributed by atoms with Crippen LogP contribution in [0.25, 0.3) is 10.9 Å². The molecule has 2 amide bonds. The molecule has 0 saturated heterocycles. The zero-order chi connectivity index (χ0) is 22.1. The first-order chi connectivity index (χ1) is 14.7. The van der Waals surface area contributed by atoms with Crippen LogP contribution >= 0.6 is 11.6 Å². The van der Waals surface area contributed by atoms with Gasteiger partial charge in [-0.25, -0.2) is 4.90 Å². The van der Waals surface area contributed by atoms with Crippen molar-refractivity contribution in [2.75, 3.05) is 4.90 Å². The molecule has 0 bridgehead atoms. The molecular weight excluding hydrogens is 444 g/mol. The fraction of sp³-hybridized carbons (Fsp3) is 0.300. The third kappa shape index (κ3) is 2.78. The van der Waals surface area contributed by atoms with Crippen LogP contribution in [0, 0.1) is 13.8 Å². The van der Waals surface area contributed by atoms with Gasteiger partial charge in [0.1, 0.15) is 5.69 Å². The summed E-state index contributed by atoms with van der Waals surface area (Å²) >= 11 is 6.20. The number of aryl methyl sites for hydroxylation is 2. The lowest BCUT2D eigenvalue weighted by Crippen LogP contribution is -2.31. The zero-order valence-corrected chi connectivity index (χ0v) is 18.2. The Bertz CT molecular complexity index is 1390. The van der Waals surface area contributed by atoms with Gasteiger partial charge < -0.3 is 4.52 Å². The fourth-order valence-electron chi connectivity index (χ4n) is 4.27. The number of rotatable bonds is 3. The van der Waals surface area contributed by atoms with E-state index >= 15 is 0 Å². The van der Waals surface area contributed by atoms with Crippen molar-refractivity contribution < 1.29 is 22.5 Å². The van der Waals surface area contributed by atoms with E-state index < -0.39 is 10.0 Å². The Hall–Kier alpha value is -2.98. The van der Waals surface area contributed by atoms with E-state index in [2.05, 4.69) is 10.3 Å². The molecule has 31 heavy (non-hydrogen) atoms. The summed E-state index contributed by atoms with van der Waals surface area (Å²) in [5.41, 5.74) is 1.70. The summed E-state index contributed by atoms with van der Waals surface area (Å²) in [6.45, 7) is 3.00. The van der Waals surface area contributed by atoms with Crippen LogP contribution in [0.2, 0.25) is 5.15 Å². The second-order valence-electron chi connectivity index (χ2n) is 7.60. The normalized spacial score (nSPS) is 17.2. The number of imide groups is 1. The molecule has 2 aliphatic rings. The van der Waals surface area contributed by atoms with Crippen LogP contribution in [0.4, 0.5) is 5.69 Å². The Balaban J connectivity index is 1.67. The molecule has 0 N–H and O–H groups in total. The number of halogens is 1. The minimum Gasteiger partial charge on any atom is -0.360 e. The highest BCUT2D eigenvalue weighted by atomic mass is 35.5. The maximum atomic E-state index is 13.3. The first-order valence-electron chi connectivity index (χ1n) is 9.69. The van der Waals surface area contributed by atoms with E-state index in [4.69, 9.17) is 16.1 Å². The van der Waals surface area contributed by atoms with Crippen LogP contribution in [-0.4, -0.2) is 34.6 Å². The fourth-order valence-corrected chi connectivity index (χ4v) is 6.13. The van der Waals surface area contributed by atoms with Crippen molar-refractivity contribution in [3.05, 3.63) is 46.0 Å². The predicted molar refractivity (Wildman–Crippen MR) is 111 cm³/mol. The molecule has 0 atom stereocenters. The number of amides is 2. The molecule has 0 unspecified atom stereocenters. The average molecular weight is 461 g/mol. The van der Waals surface area contributed by atoms with Crippen molar-refractivity contribution in [1.29, 1.82) is 0 Å². The summed E-state index contributed by atoms with van der Waals surface area (Å²) in [6.07, 6.45) is 2.87. The summed E-state index contributed by atoms with van der Waals surface area (Å²) < 4.78 is 32.4. The van der Waals surface area contributed by atoms with E-state index in [0.717, 1.165) is 21.8 Å². The van der Waals surface area contributed by atoms with Gasteiger partial charge in [0.15, 0.2) is 15.8 Å². The van der Waals surface area contributed by atoms with E-state index in [1.807, 2.05) is 0 Å². The highest BCUT2D eigenvalue weighted by molar-refractivity contribution is 7.90. The van der Waals surface area contributed by atoms with Gasteiger partial charge in [0, 0.05) is 16.5 Å². The standard InChI is InChI=1S/C20H17ClN4O5S/c1-10-17(11(2)30-23-10)31(28,29)25-16-9-12(7-8-15(16)18(21)22-25)24-19(26)13-5-3-4-6-14(13)20(24)27/h7-9H,3-6H2,1-2H3. The zero-order valence-electron chi connectivity index (χ0n) is 16.7. The first kappa shape index (κ1) is 20.0. The van der Waals surface area contributed by atoms with E-state index in [9.17, 15) is 18.0 Å². The maximum Gasteiger partial charge on any atom is 0.288 e. The van der Waals surface area contributed by atoms with Gasteiger partial charge in [-0.3, -0.25) is 9.59 Å². The number of fused-ring (bicyclic) bond motifs is 1. The number of anilines is 1. The Kier molecular flexibility index (Phi) is 4.35. The van der Waals surface area contributed by atoms with Crippen molar-refractivity contribution in [3.63, 3.8) is 0 Å². The summed E-state index contributed by atoms with van der Waals surface area (Å²) in [4.78, 5) is 26.8. The Morgan fingerprint density at radius 1 is 1.06 bits per heavy atom. The van der Waals surface area contributed by atoms with E-state index in [1.54, 1.807) is 12.1 Å². The van der Waals surface area contributed by atoms with Gasteiger partial charge in [0.2, 0.25) is 0 Å². The second kappa shape index (κ2) is 6.76. The maximum absolute atomic E-state index is 13.3. The Morgan fingerprint density at radius 2 is 1.71 bits per heavy atom. The van der Waals surface area contributed by atoms with Crippen LogP contribution in [-0.2, 0) is 19.6 Å². The van der Waals surface area contributed by atoms with Crippen LogP contribution in [0.3, 0.4) is 0 Å². The number of hydrogen-bond donors (Lipinski definition) is 0. The lowest BCUT2D eigenvalue weighted by molar-refractivity contribution is -0.120. The molecule has 2 aromatic heterocycles. The van der Waals surface area contributed by atoms with E-state index in [1.165, 1.54) is 19.9 Å². The lowest BCUT2D eigenvalue weighted by atomic mass is 9.93. The molecule has 9 nitrogen and oxygen atoms in total. The molecule has 3 heterocycles. The summed E-state index contributed by atoms with van der Waals surface area (Å²) in [6, 6.07) is 4.56. The van der Waals surface area contributed by atoms with Gasteiger partial charge in [0.05, 0.1) is 11.2 Å². The quantitative estimate of drug-likeness (QED) is 0.550. The smallest absolute Gasteiger partial charge is 0.288 e.